The number of benzene rings is 2. The lowest BCUT2D eigenvalue weighted by molar-refractivity contribution is -0.145. The van der Waals surface area contributed by atoms with Crippen LogP contribution in [-0.2, 0) is 53.0 Å². The van der Waals surface area contributed by atoms with Gasteiger partial charge in [-0.15, -0.1) is 11.3 Å². The number of nitriles is 1. The van der Waals surface area contributed by atoms with Crippen LogP contribution in [0.3, 0.4) is 0 Å². The summed E-state index contributed by atoms with van der Waals surface area (Å²) in [6.07, 6.45) is -0.369. The summed E-state index contributed by atoms with van der Waals surface area (Å²) >= 11 is 0.845. The van der Waals surface area contributed by atoms with E-state index in [0.29, 0.717) is 0 Å². The minimum Gasteiger partial charge on any atom is -0.466 e. The molecule has 214 valence electrons. The highest BCUT2D eigenvalue weighted by atomic mass is 32.1. The summed E-state index contributed by atoms with van der Waals surface area (Å²) in [4.78, 5) is 52.2. The molecule has 0 fully saturated rings. The third-order valence-corrected chi connectivity index (χ3v) is 6.87. The quantitative estimate of drug-likeness (QED) is 0.203. The maximum atomic E-state index is 12.9. The number of carbonyl (C=O) groups is 4. The van der Waals surface area contributed by atoms with Gasteiger partial charge in [0.15, 0.2) is 0 Å². The third kappa shape index (κ3) is 9.19. The average molecular weight is 579 g/mol. The first kappa shape index (κ1) is 30.8. The van der Waals surface area contributed by atoms with Crippen LogP contribution in [0.4, 0.5) is 5.00 Å². The lowest BCUT2D eigenvalue weighted by Crippen LogP contribution is -2.36. The molecule has 0 aliphatic carbocycles. The van der Waals surface area contributed by atoms with Gasteiger partial charge in [0.2, 0.25) is 0 Å². The van der Waals surface area contributed by atoms with E-state index < -0.39 is 37.0 Å². The molecule has 0 aliphatic heterocycles. The van der Waals surface area contributed by atoms with Crippen molar-refractivity contribution in [1.29, 1.82) is 5.26 Å². The van der Waals surface area contributed by atoms with Crippen molar-refractivity contribution >= 4 is 40.2 Å². The van der Waals surface area contributed by atoms with E-state index in [1.54, 1.807) is 38.1 Å². The molecule has 0 bridgehead atoms. The molecule has 0 unspecified atom stereocenters. The second kappa shape index (κ2) is 15.8. The molecule has 0 spiro atoms. The van der Waals surface area contributed by atoms with E-state index in [4.69, 9.17) is 18.9 Å². The number of esters is 4. The zero-order chi connectivity index (χ0) is 29.6. The van der Waals surface area contributed by atoms with Crippen LogP contribution in [0.2, 0.25) is 0 Å². The molecule has 0 N–H and O–H groups in total. The van der Waals surface area contributed by atoms with E-state index in [2.05, 4.69) is 0 Å². The summed E-state index contributed by atoms with van der Waals surface area (Å²) in [7, 11) is 0. The first-order chi connectivity index (χ1) is 19.9. The number of ether oxygens (including phenoxy) is 4. The van der Waals surface area contributed by atoms with Crippen LogP contribution in [0.5, 0.6) is 0 Å². The van der Waals surface area contributed by atoms with Gasteiger partial charge in [-0.1, -0.05) is 60.7 Å². The van der Waals surface area contributed by atoms with Crippen molar-refractivity contribution in [3.05, 3.63) is 87.8 Å². The van der Waals surface area contributed by atoms with Crippen molar-refractivity contribution in [2.75, 3.05) is 31.2 Å². The van der Waals surface area contributed by atoms with Gasteiger partial charge in [0.25, 0.3) is 0 Å². The molecular weight excluding hydrogens is 548 g/mol. The first-order valence-corrected chi connectivity index (χ1v) is 13.7. The van der Waals surface area contributed by atoms with Crippen molar-refractivity contribution in [3.8, 4) is 6.07 Å². The third-order valence-electron chi connectivity index (χ3n) is 5.60. The van der Waals surface area contributed by atoms with E-state index in [1.807, 2.05) is 42.5 Å². The topological polar surface area (TPSA) is 132 Å². The SMILES string of the molecule is CCOC(=O)Cc1c(C(=O)OCC)sc(N(CC(=O)OCc2ccccc2)CC(=O)OCc2ccccc2)c1C#N. The van der Waals surface area contributed by atoms with E-state index in [0.717, 1.165) is 22.5 Å². The maximum absolute atomic E-state index is 12.9. The lowest BCUT2D eigenvalue weighted by atomic mass is 10.1. The average Bonchev–Trinajstić information content (AvgIpc) is 3.34. The number of hydrogen-bond donors (Lipinski definition) is 0. The molecule has 3 aromatic rings. The highest BCUT2D eigenvalue weighted by Crippen LogP contribution is 2.37. The van der Waals surface area contributed by atoms with E-state index >= 15 is 0 Å². The molecule has 2 aromatic carbocycles. The number of thiophene rings is 1. The molecule has 0 radical (unpaired) electrons. The first-order valence-electron chi connectivity index (χ1n) is 12.9. The summed E-state index contributed by atoms with van der Waals surface area (Å²) < 4.78 is 21.0. The monoisotopic (exact) mass is 578 g/mol. The Morgan fingerprint density at radius 2 is 1.27 bits per heavy atom. The Morgan fingerprint density at radius 1 is 0.756 bits per heavy atom. The number of anilines is 1. The van der Waals surface area contributed by atoms with Gasteiger partial charge in [-0.25, -0.2) is 4.79 Å². The Kier molecular flexibility index (Phi) is 11.9. The van der Waals surface area contributed by atoms with Crippen LogP contribution < -0.4 is 4.90 Å². The van der Waals surface area contributed by atoms with Crippen molar-refractivity contribution in [3.63, 3.8) is 0 Å². The molecule has 1 aromatic heterocycles. The molecule has 41 heavy (non-hydrogen) atoms. The molecule has 0 saturated carbocycles. The van der Waals surface area contributed by atoms with E-state index in [1.165, 1.54) is 4.90 Å². The molecular formula is C30H30N2O8S. The minimum absolute atomic E-state index is 0.00367. The zero-order valence-corrected chi connectivity index (χ0v) is 23.6. The number of carbonyl (C=O) groups excluding carboxylic acids is 4. The van der Waals surface area contributed by atoms with Crippen molar-refractivity contribution in [2.45, 2.75) is 33.5 Å². The van der Waals surface area contributed by atoms with Crippen LogP contribution >= 0.6 is 11.3 Å². The Morgan fingerprint density at radius 3 is 1.73 bits per heavy atom. The largest absolute Gasteiger partial charge is 0.466 e. The molecule has 0 aliphatic rings. The normalized spacial score (nSPS) is 10.3. The molecule has 1 heterocycles. The number of hydrogen-bond acceptors (Lipinski definition) is 11. The lowest BCUT2D eigenvalue weighted by Gasteiger charge is -2.22. The van der Waals surface area contributed by atoms with Crippen LogP contribution in [0.15, 0.2) is 60.7 Å². The second-order valence-corrected chi connectivity index (χ2v) is 9.55. The highest BCUT2D eigenvalue weighted by Gasteiger charge is 2.30. The predicted octanol–water partition coefficient (Wildman–Crippen LogP) is 4.20. The van der Waals surface area contributed by atoms with Gasteiger partial charge in [0.1, 0.15) is 42.3 Å². The molecule has 0 atom stereocenters. The fraction of sp³-hybridized carbons (Fsp3) is 0.300. The van der Waals surface area contributed by atoms with E-state index in [9.17, 15) is 24.4 Å². The van der Waals surface area contributed by atoms with E-state index in [-0.39, 0.29) is 53.9 Å². The molecule has 3 rings (SSSR count). The summed E-state index contributed by atoms with van der Waals surface area (Å²) in [5, 5.41) is 10.2. The maximum Gasteiger partial charge on any atom is 0.348 e. The second-order valence-electron chi connectivity index (χ2n) is 8.55. The fourth-order valence-corrected chi connectivity index (χ4v) is 4.92. The van der Waals surface area contributed by atoms with Crippen LogP contribution in [0, 0.1) is 11.3 Å². The van der Waals surface area contributed by atoms with Crippen molar-refractivity contribution in [1.82, 2.24) is 0 Å². The Bertz CT molecular complexity index is 1330. The standard InChI is InChI=1S/C30H30N2O8S/c1-3-37-25(33)15-23-24(16-31)29(41-28(23)30(36)38-4-2)32(17-26(34)39-19-21-11-7-5-8-12-21)18-27(35)40-20-22-13-9-6-10-14-22/h5-14H,3-4,15,17-20H2,1-2H3. The smallest absolute Gasteiger partial charge is 0.348 e. The summed E-state index contributed by atoms with van der Waals surface area (Å²) in [6.45, 7) is 2.59. The van der Waals surface area contributed by atoms with Crippen LogP contribution in [0.1, 0.15) is 45.8 Å². The van der Waals surface area contributed by atoms with Crippen LogP contribution in [0.25, 0.3) is 0 Å². The Balaban J connectivity index is 1.92. The zero-order valence-electron chi connectivity index (χ0n) is 22.8. The van der Waals surface area contributed by atoms with Crippen molar-refractivity contribution < 1.29 is 38.1 Å². The predicted molar refractivity (Wildman–Crippen MR) is 150 cm³/mol. The summed E-state index contributed by atoms with van der Waals surface area (Å²) in [5.74, 6) is -2.73. The fourth-order valence-electron chi connectivity index (χ4n) is 3.76. The van der Waals surface area contributed by atoms with Gasteiger partial charge >= 0.3 is 23.9 Å². The van der Waals surface area contributed by atoms with Gasteiger partial charge in [-0.05, 0) is 25.0 Å². The van der Waals surface area contributed by atoms with Gasteiger partial charge in [-0.2, -0.15) is 5.26 Å². The minimum atomic E-state index is -0.738. The summed E-state index contributed by atoms with van der Waals surface area (Å²) in [5.41, 5.74) is 1.59. The molecule has 10 nitrogen and oxygen atoms in total. The van der Waals surface area contributed by atoms with Crippen molar-refractivity contribution in [2.24, 2.45) is 0 Å². The molecule has 0 saturated heterocycles. The van der Waals surface area contributed by atoms with Gasteiger partial charge in [0.05, 0.1) is 25.2 Å². The Hall–Kier alpha value is -4.69. The molecule has 11 heteroatoms. The number of rotatable bonds is 14. The van der Waals surface area contributed by atoms with Gasteiger partial charge < -0.3 is 23.8 Å². The molecule has 0 amide bonds. The number of nitrogens with zero attached hydrogens (tertiary/aromatic N) is 2. The summed E-state index contributed by atoms with van der Waals surface area (Å²) in [6, 6.07) is 20.1. The van der Waals surface area contributed by atoms with Gasteiger partial charge in [-0.3, -0.25) is 14.4 Å². The van der Waals surface area contributed by atoms with Gasteiger partial charge in [0, 0.05) is 5.56 Å². The van der Waals surface area contributed by atoms with Crippen LogP contribution in [-0.4, -0.2) is 50.2 Å². The Labute approximate surface area is 242 Å². The highest BCUT2D eigenvalue weighted by molar-refractivity contribution is 7.18.